The van der Waals surface area contributed by atoms with Gasteiger partial charge >= 0.3 is 6.09 Å². The second-order valence-electron chi connectivity index (χ2n) is 6.39. The molecule has 11 heteroatoms. The van der Waals surface area contributed by atoms with E-state index in [9.17, 15) is 18.0 Å². The molecule has 0 bridgehead atoms. The van der Waals surface area contributed by atoms with E-state index in [1.165, 1.54) is 36.4 Å². The van der Waals surface area contributed by atoms with Crippen molar-refractivity contribution in [1.29, 1.82) is 0 Å². The molecule has 0 fully saturated rings. The molecule has 2 aromatic carbocycles. The number of hydrogen-bond acceptors (Lipinski definition) is 7. The smallest absolute Gasteiger partial charge is 0.407 e. The Balaban J connectivity index is 1.56. The van der Waals surface area contributed by atoms with Crippen molar-refractivity contribution in [3.05, 3.63) is 48.0 Å². The van der Waals surface area contributed by atoms with Gasteiger partial charge in [0.2, 0.25) is 0 Å². The largest absolute Gasteiger partial charge is 0.486 e. The Hall–Kier alpha value is -3.47. The average Bonchev–Trinajstić information content (AvgIpc) is 2.76. The second-order valence-corrected chi connectivity index (χ2v) is 8.07. The molecule has 0 aromatic heterocycles. The third kappa shape index (κ3) is 6.01. The van der Waals surface area contributed by atoms with Crippen LogP contribution in [0.2, 0.25) is 0 Å². The molecule has 0 saturated carbocycles. The maximum atomic E-state index is 12.7. The predicted molar refractivity (Wildman–Crippen MR) is 112 cm³/mol. The van der Waals surface area contributed by atoms with Gasteiger partial charge in [-0.05, 0) is 43.3 Å². The lowest BCUT2D eigenvalue weighted by molar-refractivity contribution is 0.0952. The predicted octanol–water partition coefficient (Wildman–Crippen LogP) is 1.73. The number of ether oxygens (including phenoxy) is 3. The summed E-state index contributed by atoms with van der Waals surface area (Å²) in [4.78, 5) is 23.4. The van der Waals surface area contributed by atoms with E-state index < -0.39 is 16.1 Å². The summed E-state index contributed by atoms with van der Waals surface area (Å²) in [5, 5.41) is 5.14. The zero-order valence-corrected chi connectivity index (χ0v) is 17.7. The molecule has 10 nitrogen and oxygen atoms in total. The van der Waals surface area contributed by atoms with Crippen molar-refractivity contribution in [1.82, 2.24) is 10.6 Å². The summed E-state index contributed by atoms with van der Waals surface area (Å²) < 4.78 is 43.3. The summed E-state index contributed by atoms with van der Waals surface area (Å²) in [6.07, 6.45) is -0.550. The lowest BCUT2D eigenvalue weighted by Gasteiger charge is -2.19. The number of hydrogen-bond donors (Lipinski definition) is 3. The standard InChI is InChI=1S/C20H23N3O7S/c1-2-28-20(25)22-10-9-21-19(24)14-3-5-15(6-4-14)23-31(26,27)16-7-8-17-18(13-16)30-12-11-29-17/h3-8,13,23H,2,9-12H2,1H3,(H,21,24)(H,22,25). The number of rotatable bonds is 8. The lowest BCUT2D eigenvalue weighted by Crippen LogP contribution is -2.34. The summed E-state index contributed by atoms with van der Waals surface area (Å²) in [6.45, 7) is 3.17. The van der Waals surface area contributed by atoms with Gasteiger partial charge in [0.05, 0.1) is 11.5 Å². The Bertz CT molecular complexity index is 1040. The van der Waals surface area contributed by atoms with Crippen LogP contribution in [-0.2, 0) is 14.8 Å². The molecule has 0 spiro atoms. The monoisotopic (exact) mass is 449 g/mol. The number of benzene rings is 2. The van der Waals surface area contributed by atoms with Crippen LogP contribution in [0.1, 0.15) is 17.3 Å². The van der Waals surface area contributed by atoms with E-state index in [1.54, 1.807) is 13.0 Å². The van der Waals surface area contributed by atoms with E-state index in [1.807, 2.05) is 0 Å². The minimum atomic E-state index is -3.85. The maximum Gasteiger partial charge on any atom is 0.407 e. The molecule has 2 amide bonds. The van der Waals surface area contributed by atoms with E-state index in [0.717, 1.165) is 0 Å². The van der Waals surface area contributed by atoms with Gasteiger partial charge in [-0.25, -0.2) is 13.2 Å². The Morgan fingerprint density at radius 1 is 0.968 bits per heavy atom. The van der Waals surface area contributed by atoms with Crippen molar-refractivity contribution in [2.45, 2.75) is 11.8 Å². The Morgan fingerprint density at radius 2 is 1.65 bits per heavy atom. The van der Waals surface area contributed by atoms with Crippen LogP contribution in [0.3, 0.4) is 0 Å². The van der Waals surface area contributed by atoms with Gasteiger partial charge in [-0.15, -0.1) is 0 Å². The molecule has 1 aliphatic rings. The number of alkyl carbamates (subject to hydrolysis) is 1. The van der Waals surface area contributed by atoms with Crippen molar-refractivity contribution < 1.29 is 32.2 Å². The van der Waals surface area contributed by atoms with Gasteiger partial charge in [-0.1, -0.05) is 0 Å². The highest BCUT2D eigenvalue weighted by molar-refractivity contribution is 7.92. The average molecular weight is 449 g/mol. The van der Waals surface area contributed by atoms with E-state index in [4.69, 9.17) is 14.2 Å². The molecular weight excluding hydrogens is 426 g/mol. The SMILES string of the molecule is CCOC(=O)NCCNC(=O)c1ccc(NS(=O)(=O)c2ccc3c(c2)OCCO3)cc1. The summed E-state index contributed by atoms with van der Waals surface area (Å²) in [6, 6.07) is 10.4. The fourth-order valence-electron chi connectivity index (χ4n) is 2.72. The van der Waals surface area contributed by atoms with Crippen LogP contribution >= 0.6 is 0 Å². The Labute approximate surface area is 179 Å². The maximum absolute atomic E-state index is 12.7. The minimum Gasteiger partial charge on any atom is -0.486 e. The number of anilines is 1. The number of fused-ring (bicyclic) bond motifs is 1. The first-order valence-electron chi connectivity index (χ1n) is 9.60. The molecule has 0 aliphatic carbocycles. The van der Waals surface area contributed by atoms with Gasteiger partial charge in [0.15, 0.2) is 11.5 Å². The molecule has 3 rings (SSSR count). The summed E-state index contributed by atoms with van der Waals surface area (Å²) in [5.41, 5.74) is 0.647. The molecular formula is C20H23N3O7S. The Kier molecular flexibility index (Phi) is 7.19. The minimum absolute atomic E-state index is 0.0349. The number of carbonyl (C=O) groups is 2. The first-order chi connectivity index (χ1) is 14.9. The van der Waals surface area contributed by atoms with Gasteiger partial charge in [0.25, 0.3) is 15.9 Å². The van der Waals surface area contributed by atoms with Crippen LogP contribution in [0.4, 0.5) is 10.5 Å². The molecule has 31 heavy (non-hydrogen) atoms. The third-order valence-corrected chi connectivity index (χ3v) is 5.56. The van der Waals surface area contributed by atoms with Crippen molar-refractivity contribution in [2.24, 2.45) is 0 Å². The van der Waals surface area contributed by atoms with Crippen LogP contribution < -0.4 is 24.8 Å². The van der Waals surface area contributed by atoms with E-state index in [-0.39, 0.29) is 30.5 Å². The number of nitrogens with one attached hydrogen (secondary N) is 3. The Morgan fingerprint density at radius 3 is 2.35 bits per heavy atom. The van der Waals surface area contributed by atoms with Crippen molar-refractivity contribution >= 4 is 27.7 Å². The van der Waals surface area contributed by atoms with Crippen molar-refractivity contribution in [3.63, 3.8) is 0 Å². The molecule has 0 unspecified atom stereocenters. The topological polar surface area (TPSA) is 132 Å². The highest BCUT2D eigenvalue weighted by atomic mass is 32.2. The van der Waals surface area contributed by atoms with Crippen LogP contribution in [0.25, 0.3) is 0 Å². The summed E-state index contributed by atoms with van der Waals surface area (Å²) >= 11 is 0. The van der Waals surface area contributed by atoms with Crippen LogP contribution in [0.15, 0.2) is 47.4 Å². The normalized spacial score (nSPS) is 12.5. The summed E-state index contributed by atoms with van der Waals surface area (Å²) in [5.74, 6) is 0.517. The van der Waals surface area contributed by atoms with Gasteiger partial charge in [0, 0.05) is 30.4 Å². The lowest BCUT2D eigenvalue weighted by atomic mass is 10.2. The van der Waals surface area contributed by atoms with E-state index in [2.05, 4.69) is 15.4 Å². The molecule has 2 aromatic rings. The van der Waals surface area contributed by atoms with Gasteiger partial charge in [0.1, 0.15) is 13.2 Å². The van der Waals surface area contributed by atoms with Crippen LogP contribution in [0, 0.1) is 0 Å². The van der Waals surface area contributed by atoms with E-state index in [0.29, 0.717) is 36.0 Å². The highest BCUT2D eigenvalue weighted by Gasteiger charge is 2.19. The molecule has 0 saturated heterocycles. The third-order valence-electron chi connectivity index (χ3n) is 4.18. The zero-order chi connectivity index (χ0) is 22.3. The molecule has 3 N–H and O–H groups in total. The molecule has 1 aliphatic heterocycles. The quantitative estimate of drug-likeness (QED) is 0.523. The highest BCUT2D eigenvalue weighted by Crippen LogP contribution is 2.32. The zero-order valence-electron chi connectivity index (χ0n) is 16.8. The first-order valence-corrected chi connectivity index (χ1v) is 11.1. The molecule has 0 radical (unpaired) electrons. The second kappa shape index (κ2) is 10.0. The van der Waals surface area contributed by atoms with Crippen molar-refractivity contribution in [3.8, 4) is 11.5 Å². The van der Waals surface area contributed by atoms with Gasteiger partial charge in [-0.2, -0.15) is 0 Å². The number of carbonyl (C=O) groups excluding carboxylic acids is 2. The number of amides is 2. The van der Waals surface area contributed by atoms with Crippen LogP contribution in [0.5, 0.6) is 11.5 Å². The van der Waals surface area contributed by atoms with Gasteiger partial charge in [-0.3, -0.25) is 9.52 Å². The molecule has 0 atom stereocenters. The van der Waals surface area contributed by atoms with Gasteiger partial charge < -0.3 is 24.8 Å². The van der Waals surface area contributed by atoms with E-state index >= 15 is 0 Å². The number of sulfonamides is 1. The fraction of sp³-hybridized carbons (Fsp3) is 0.300. The molecule has 166 valence electrons. The summed E-state index contributed by atoms with van der Waals surface area (Å²) in [7, 11) is -3.85. The first kappa shape index (κ1) is 22.2. The van der Waals surface area contributed by atoms with Crippen molar-refractivity contribution in [2.75, 3.05) is 37.6 Å². The molecule has 1 heterocycles. The van der Waals surface area contributed by atoms with Crippen LogP contribution in [-0.4, -0.2) is 53.3 Å². The fourth-order valence-corrected chi connectivity index (χ4v) is 3.79.